The van der Waals surface area contributed by atoms with Crippen LogP contribution in [0.25, 0.3) is 0 Å². The van der Waals surface area contributed by atoms with Crippen LogP contribution in [0, 0.1) is 5.82 Å². The summed E-state index contributed by atoms with van der Waals surface area (Å²) in [4.78, 5) is 15.9. The smallest absolute Gasteiger partial charge is 0.241 e. The third-order valence-corrected chi connectivity index (χ3v) is 6.94. The zero-order valence-electron chi connectivity index (χ0n) is 13.9. The fraction of sp³-hybridized carbons (Fsp3) is 0.562. The molecule has 0 saturated carbocycles. The Bertz CT molecular complexity index is 755. The number of sulfonamides is 1. The van der Waals surface area contributed by atoms with Gasteiger partial charge in [-0.05, 0) is 38.6 Å². The highest BCUT2D eigenvalue weighted by molar-refractivity contribution is 7.89. The quantitative estimate of drug-likeness (QED) is 0.808. The molecule has 1 spiro atoms. The summed E-state index contributed by atoms with van der Waals surface area (Å²) < 4.78 is 39.4. The summed E-state index contributed by atoms with van der Waals surface area (Å²) in [5, 5.41) is 0. The molecule has 3 rings (SSSR count). The summed E-state index contributed by atoms with van der Waals surface area (Å²) in [6, 6.07) is 5.96. The van der Waals surface area contributed by atoms with Gasteiger partial charge in [-0.1, -0.05) is 6.07 Å². The van der Waals surface area contributed by atoms with Crippen LogP contribution in [0.3, 0.4) is 0 Å². The molecule has 0 radical (unpaired) electrons. The highest BCUT2D eigenvalue weighted by atomic mass is 32.2. The summed E-state index contributed by atoms with van der Waals surface area (Å²) in [5.41, 5.74) is 0.0897. The van der Waals surface area contributed by atoms with E-state index >= 15 is 0 Å². The van der Waals surface area contributed by atoms with Gasteiger partial charge in [0.1, 0.15) is 5.82 Å². The average molecular weight is 355 g/mol. The van der Waals surface area contributed by atoms with Crippen molar-refractivity contribution in [3.8, 4) is 0 Å². The van der Waals surface area contributed by atoms with E-state index in [0.29, 0.717) is 31.7 Å². The number of halogens is 1. The standard InChI is InChI=1S/C16H22FN3O3S/c1-3-24(22,23)19-8-7-16(11-19)12-20(15(21)10-18(16)2)14-6-4-5-13(17)9-14/h4-6,9H,3,7-8,10-12H2,1-2H3/t16-/m0/s1. The predicted octanol–water partition coefficient (Wildman–Crippen LogP) is 0.898. The van der Waals surface area contributed by atoms with Gasteiger partial charge in [0.25, 0.3) is 0 Å². The van der Waals surface area contributed by atoms with E-state index in [9.17, 15) is 17.6 Å². The van der Waals surface area contributed by atoms with Crippen molar-refractivity contribution in [2.75, 3.05) is 43.9 Å². The molecule has 2 aliphatic heterocycles. The largest absolute Gasteiger partial charge is 0.309 e. The molecule has 2 aliphatic rings. The number of carbonyl (C=O) groups excluding carboxylic acids is 1. The van der Waals surface area contributed by atoms with Crippen molar-refractivity contribution in [1.82, 2.24) is 9.21 Å². The number of anilines is 1. The van der Waals surface area contributed by atoms with E-state index in [1.165, 1.54) is 16.4 Å². The third kappa shape index (κ3) is 2.94. The van der Waals surface area contributed by atoms with Crippen LogP contribution in [0.15, 0.2) is 24.3 Å². The molecule has 0 unspecified atom stereocenters. The Morgan fingerprint density at radius 2 is 2.04 bits per heavy atom. The van der Waals surface area contributed by atoms with E-state index in [1.54, 1.807) is 24.0 Å². The van der Waals surface area contributed by atoms with Crippen molar-refractivity contribution in [3.63, 3.8) is 0 Å². The minimum atomic E-state index is -3.26. The van der Waals surface area contributed by atoms with Crippen LogP contribution in [-0.4, -0.2) is 68.0 Å². The van der Waals surface area contributed by atoms with Crippen LogP contribution in [0.5, 0.6) is 0 Å². The molecule has 0 aromatic heterocycles. The van der Waals surface area contributed by atoms with Crippen molar-refractivity contribution in [3.05, 3.63) is 30.1 Å². The van der Waals surface area contributed by atoms with Gasteiger partial charge in [0.15, 0.2) is 0 Å². The number of hydrogen-bond donors (Lipinski definition) is 0. The molecule has 0 aliphatic carbocycles. The van der Waals surface area contributed by atoms with Crippen molar-refractivity contribution < 1.29 is 17.6 Å². The van der Waals surface area contributed by atoms with Crippen molar-refractivity contribution >= 4 is 21.6 Å². The fourth-order valence-electron chi connectivity index (χ4n) is 3.52. The first kappa shape index (κ1) is 17.3. The van der Waals surface area contributed by atoms with Gasteiger partial charge in [-0.25, -0.2) is 12.8 Å². The molecule has 1 atom stereocenters. The van der Waals surface area contributed by atoms with Crippen LogP contribution in [0.4, 0.5) is 10.1 Å². The first-order valence-corrected chi connectivity index (χ1v) is 9.63. The number of amides is 1. The van der Waals surface area contributed by atoms with E-state index in [-0.39, 0.29) is 18.2 Å². The van der Waals surface area contributed by atoms with Crippen molar-refractivity contribution in [2.45, 2.75) is 18.9 Å². The van der Waals surface area contributed by atoms with Gasteiger partial charge in [0.2, 0.25) is 15.9 Å². The van der Waals surface area contributed by atoms with Crippen LogP contribution in [0.1, 0.15) is 13.3 Å². The molecule has 1 aromatic carbocycles. The third-order valence-electron chi connectivity index (χ3n) is 5.11. The number of rotatable bonds is 3. The Labute approximate surface area is 141 Å². The molecular weight excluding hydrogens is 333 g/mol. The monoisotopic (exact) mass is 355 g/mol. The molecule has 8 heteroatoms. The minimum Gasteiger partial charge on any atom is -0.309 e. The van der Waals surface area contributed by atoms with Gasteiger partial charge in [0, 0.05) is 25.3 Å². The summed E-state index contributed by atoms with van der Waals surface area (Å²) >= 11 is 0. The van der Waals surface area contributed by atoms with Crippen LogP contribution >= 0.6 is 0 Å². The lowest BCUT2D eigenvalue weighted by molar-refractivity contribution is -0.123. The number of piperazine rings is 1. The highest BCUT2D eigenvalue weighted by Gasteiger charge is 2.49. The number of nitrogens with zero attached hydrogens (tertiary/aromatic N) is 3. The first-order valence-electron chi connectivity index (χ1n) is 8.02. The molecule has 1 amide bonds. The number of likely N-dealkylation sites (N-methyl/N-ethyl adjacent to an activating group) is 1. The van der Waals surface area contributed by atoms with Crippen LogP contribution < -0.4 is 4.90 Å². The van der Waals surface area contributed by atoms with Gasteiger partial charge < -0.3 is 4.90 Å². The number of benzene rings is 1. The lowest BCUT2D eigenvalue weighted by atomic mass is 9.92. The van der Waals surface area contributed by atoms with E-state index in [0.717, 1.165) is 0 Å². The Kier molecular flexibility index (Phi) is 4.39. The highest BCUT2D eigenvalue weighted by Crippen LogP contribution is 2.34. The first-order chi connectivity index (χ1) is 11.3. The summed E-state index contributed by atoms with van der Waals surface area (Å²) in [6.07, 6.45) is 0.655. The molecule has 0 bridgehead atoms. The molecule has 2 saturated heterocycles. The lowest BCUT2D eigenvalue weighted by Gasteiger charge is -2.46. The second-order valence-corrected chi connectivity index (χ2v) is 8.78. The van der Waals surface area contributed by atoms with Gasteiger partial charge in [-0.2, -0.15) is 4.31 Å². The average Bonchev–Trinajstić information content (AvgIpc) is 2.97. The number of carbonyl (C=O) groups is 1. The predicted molar refractivity (Wildman–Crippen MR) is 89.8 cm³/mol. The van der Waals surface area contributed by atoms with Crippen molar-refractivity contribution in [1.29, 1.82) is 0 Å². The van der Waals surface area contributed by atoms with E-state index < -0.39 is 21.4 Å². The second kappa shape index (κ2) is 6.09. The van der Waals surface area contributed by atoms with Gasteiger partial charge >= 0.3 is 0 Å². The Balaban J connectivity index is 1.88. The van der Waals surface area contributed by atoms with Crippen LogP contribution in [0.2, 0.25) is 0 Å². The Morgan fingerprint density at radius 1 is 1.29 bits per heavy atom. The van der Waals surface area contributed by atoms with E-state index in [4.69, 9.17) is 0 Å². The maximum Gasteiger partial charge on any atom is 0.241 e. The molecule has 0 N–H and O–H groups in total. The zero-order chi connectivity index (χ0) is 17.5. The van der Waals surface area contributed by atoms with Gasteiger partial charge in [-0.3, -0.25) is 9.69 Å². The lowest BCUT2D eigenvalue weighted by Crippen LogP contribution is -2.64. The molecule has 6 nitrogen and oxygen atoms in total. The fourth-order valence-corrected chi connectivity index (χ4v) is 4.69. The van der Waals surface area contributed by atoms with Gasteiger partial charge in [-0.15, -0.1) is 0 Å². The molecule has 1 aromatic rings. The van der Waals surface area contributed by atoms with Gasteiger partial charge in [0.05, 0.1) is 17.8 Å². The zero-order valence-corrected chi connectivity index (χ0v) is 14.7. The summed E-state index contributed by atoms with van der Waals surface area (Å²) in [6.45, 7) is 3.00. The minimum absolute atomic E-state index is 0.0688. The topological polar surface area (TPSA) is 60.9 Å². The maximum absolute atomic E-state index is 13.5. The summed E-state index contributed by atoms with van der Waals surface area (Å²) in [5.74, 6) is -0.431. The molecule has 2 heterocycles. The Hall–Kier alpha value is -1.51. The molecule has 132 valence electrons. The van der Waals surface area contributed by atoms with E-state index in [2.05, 4.69) is 0 Å². The second-order valence-electron chi connectivity index (χ2n) is 6.52. The molecular formula is C16H22FN3O3S. The van der Waals surface area contributed by atoms with Crippen molar-refractivity contribution in [2.24, 2.45) is 0 Å². The molecule has 2 fully saturated rings. The normalized spacial score (nSPS) is 26.5. The SMILES string of the molecule is CCS(=O)(=O)N1CC[C@@]2(CN(c3cccc(F)c3)C(=O)CN2C)C1. The van der Waals surface area contributed by atoms with E-state index in [1.807, 2.05) is 11.9 Å². The molecule has 24 heavy (non-hydrogen) atoms. The maximum atomic E-state index is 13.5. The summed E-state index contributed by atoms with van der Waals surface area (Å²) in [7, 11) is -1.41. The Morgan fingerprint density at radius 3 is 2.71 bits per heavy atom. The number of hydrogen-bond acceptors (Lipinski definition) is 4. The van der Waals surface area contributed by atoms with Crippen LogP contribution in [-0.2, 0) is 14.8 Å².